The summed E-state index contributed by atoms with van der Waals surface area (Å²) in [6.07, 6.45) is 1.32. The summed E-state index contributed by atoms with van der Waals surface area (Å²) in [7, 11) is -1.11. The van der Waals surface area contributed by atoms with Gasteiger partial charge in [0.15, 0.2) is 9.84 Å². The normalized spacial score (nSPS) is 18.8. The SMILES string of the molecule is CCN(C(=O)CN(C)CCCOc1cccc(Cl)c1)C1CCS(=O)(=O)C1. The van der Waals surface area contributed by atoms with Crippen LogP contribution < -0.4 is 4.74 Å². The fourth-order valence-corrected chi connectivity index (χ4v) is 5.05. The third kappa shape index (κ3) is 6.45. The summed E-state index contributed by atoms with van der Waals surface area (Å²) in [5, 5.41) is 0.638. The number of rotatable bonds is 9. The molecule has 0 N–H and O–H groups in total. The zero-order valence-electron chi connectivity index (χ0n) is 15.4. The van der Waals surface area contributed by atoms with Gasteiger partial charge in [0.1, 0.15) is 5.75 Å². The molecule has 1 aromatic rings. The summed E-state index contributed by atoms with van der Waals surface area (Å²) in [6, 6.07) is 7.07. The molecule has 0 aliphatic carbocycles. The van der Waals surface area contributed by atoms with E-state index in [2.05, 4.69) is 0 Å². The highest BCUT2D eigenvalue weighted by atomic mass is 35.5. The van der Waals surface area contributed by atoms with Gasteiger partial charge in [0.05, 0.1) is 24.7 Å². The van der Waals surface area contributed by atoms with Crippen LogP contribution >= 0.6 is 11.6 Å². The van der Waals surface area contributed by atoms with E-state index >= 15 is 0 Å². The van der Waals surface area contributed by atoms with Gasteiger partial charge in [-0.05, 0) is 45.0 Å². The van der Waals surface area contributed by atoms with Crippen molar-refractivity contribution >= 4 is 27.3 Å². The van der Waals surface area contributed by atoms with Gasteiger partial charge in [-0.2, -0.15) is 0 Å². The molecular weight excluding hydrogens is 376 g/mol. The fourth-order valence-electron chi connectivity index (χ4n) is 3.14. The lowest BCUT2D eigenvalue weighted by atomic mass is 10.2. The number of likely N-dealkylation sites (N-methyl/N-ethyl adjacent to an activating group) is 2. The molecule has 0 bridgehead atoms. The quantitative estimate of drug-likeness (QED) is 0.591. The van der Waals surface area contributed by atoms with E-state index in [1.165, 1.54) is 0 Å². The lowest BCUT2D eigenvalue weighted by molar-refractivity contribution is -0.133. The minimum Gasteiger partial charge on any atom is -0.493 e. The molecule has 2 rings (SSSR count). The second-order valence-corrected chi connectivity index (χ2v) is 9.30. The Balaban J connectivity index is 1.72. The van der Waals surface area contributed by atoms with Gasteiger partial charge in [-0.1, -0.05) is 17.7 Å². The van der Waals surface area contributed by atoms with Gasteiger partial charge in [0, 0.05) is 24.2 Å². The Morgan fingerprint density at radius 2 is 2.15 bits per heavy atom. The van der Waals surface area contributed by atoms with Crippen molar-refractivity contribution in [3.05, 3.63) is 29.3 Å². The second-order valence-electron chi connectivity index (χ2n) is 6.63. The van der Waals surface area contributed by atoms with E-state index < -0.39 is 9.84 Å². The van der Waals surface area contributed by atoms with Gasteiger partial charge in [-0.25, -0.2) is 8.42 Å². The Labute approximate surface area is 161 Å². The minimum absolute atomic E-state index is 0.0205. The van der Waals surface area contributed by atoms with E-state index in [4.69, 9.17) is 16.3 Å². The van der Waals surface area contributed by atoms with Crippen molar-refractivity contribution < 1.29 is 17.9 Å². The average molecular weight is 403 g/mol. The molecule has 1 atom stereocenters. The molecule has 1 saturated heterocycles. The molecule has 1 heterocycles. The number of halogens is 1. The maximum absolute atomic E-state index is 12.5. The molecule has 1 aliphatic rings. The molecule has 0 radical (unpaired) electrons. The molecule has 1 aliphatic heterocycles. The van der Waals surface area contributed by atoms with Crippen LogP contribution in [0, 0.1) is 0 Å². The third-order valence-corrected chi connectivity index (χ3v) is 6.45. The van der Waals surface area contributed by atoms with Crippen molar-refractivity contribution in [2.45, 2.75) is 25.8 Å². The number of hydrogen-bond acceptors (Lipinski definition) is 5. The zero-order chi connectivity index (χ0) is 19.2. The Morgan fingerprint density at radius 3 is 2.77 bits per heavy atom. The highest BCUT2D eigenvalue weighted by molar-refractivity contribution is 7.91. The fraction of sp³-hybridized carbons (Fsp3) is 0.611. The first-order valence-electron chi connectivity index (χ1n) is 8.87. The van der Waals surface area contributed by atoms with Gasteiger partial charge >= 0.3 is 0 Å². The predicted octanol–water partition coefficient (Wildman–Crippen LogP) is 2.08. The Hall–Kier alpha value is -1.31. The molecule has 1 aromatic carbocycles. The molecule has 1 fully saturated rings. The minimum atomic E-state index is -2.99. The largest absolute Gasteiger partial charge is 0.493 e. The number of sulfone groups is 1. The van der Waals surface area contributed by atoms with Crippen LogP contribution in [0.15, 0.2) is 24.3 Å². The summed E-state index contributed by atoms with van der Waals surface area (Å²) >= 11 is 5.91. The van der Waals surface area contributed by atoms with Crippen LogP contribution in [0.2, 0.25) is 5.02 Å². The molecule has 0 saturated carbocycles. The van der Waals surface area contributed by atoms with Crippen molar-refractivity contribution in [2.24, 2.45) is 0 Å². The lowest BCUT2D eigenvalue weighted by Crippen LogP contribution is -2.45. The molecule has 26 heavy (non-hydrogen) atoms. The standard InChI is InChI=1S/C18H27ClN2O4S/c1-3-21(16-8-11-26(23,24)14-16)18(22)13-20(2)9-5-10-25-17-7-4-6-15(19)12-17/h4,6-7,12,16H,3,5,8-11,13-14H2,1-2H3. The summed E-state index contributed by atoms with van der Waals surface area (Å²) in [6.45, 7) is 3.96. The van der Waals surface area contributed by atoms with Gasteiger partial charge in [0.2, 0.25) is 5.91 Å². The number of benzene rings is 1. The van der Waals surface area contributed by atoms with Crippen LogP contribution in [0.3, 0.4) is 0 Å². The van der Waals surface area contributed by atoms with Crippen molar-refractivity contribution in [3.63, 3.8) is 0 Å². The topological polar surface area (TPSA) is 66.9 Å². The molecule has 0 spiro atoms. The van der Waals surface area contributed by atoms with Crippen LogP contribution in [0.1, 0.15) is 19.8 Å². The monoisotopic (exact) mass is 402 g/mol. The smallest absolute Gasteiger partial charge is 0.237 e. The molecule has 8 heteroatoms. The van der Waals surface area contributed by atoms with E-state index in [-0.39, 0.29) is 30.0 Å². The highest BCUT2D eigenvalue weighted by Crippen LogP contribution is 2.18. The van der Waals surface area contributed by atoms with Gasteiger partial charge in [0.25, 0.3) is 0 Å². The summed E-state index contributed by atoms with van der Waals surface area (Å²) in [4.78, 5) is 16.2. The zero-order valence-corrected chi connectivity index (χ0v) is 16.9. The lowest BCUT2D eigenvalue weighted by Gasteiger charge is -2.29. The number of carbonyl (C=O) groups excluding carboxylic acids is 1. The van der Waals surface area contributed by atoms with Crippen LogP contribution in [-0.4, -0.2) is 75.0 Å². The van der Waals surface area contributed by atoms with E-state index in [1.54, 1.807) is 17.0 Å². The van der Waals surface area contributed by atoms with Crippen LogP contribution in [0.4, 0.5) is 0 Å². The van der Waals surface area contributed by atoms with E-state index in [1.807, 2.05) is 31.0 Å². The molecule has 146 valence electrons. The van der Waals surface area contributed by atoms with Crippen molar-refractivity contribution in [3.8, 4) is 5.75 Å². The first-order chi connectivity index (χ1) is 12.3. The average Bonchev–Trinajstić information content (AvgIpc) is 2.92. The van der Waals surface area contributed by atoms with E-state index in [9.17, 15) is 13.2 Å². The number of nitrogens with zero attached hydrogens (tertiary/aromatic N) is 2. The van der Waals surface area contributed by atoms with E-state index in [0.717, 1.165) is 12.2 Å². The van der Waals surface area contributed by atoms with Gasteiger partial charge in [-0.15, -0.1) is 0 Å². The second kappa shape index (κ2) is 9.58. The Kier molecular flexibility index (Phi) is 7.73. The molecule has 0 aromatic heterocycles. The van der Waals surface area contributed by atoms with Gasteiger partial charge in [-0.3, -0.25) is 9.69 Å². The maximum atomic E-state index is 12.5. The molecule has 1 amide bonds. The van der Waals surface area contributed by atoms with Crippen molar-refractivity contribution in [1.29, 1.82) is 0 Å². The number of amides is 1. The molecule has 6 nitrogen and oxygen atoms in total. The maximum Gasteiger partial charge on any atom is 0.237 e. The number of hydrogen-bond donors (Lipinski definition) is 0. The molecule has 1 unspecified atom stereocenters. The number of ether oxygens (including phenoxy) is 1. The predicted molar refractivity (Wildman–Crippen MR) is 104 cm³/mol. The van der Waals surface area contributed by atoms with Crippen molar-refractivity contribution in [2.75, 3.05) is 44.8 Å². The Bertz CT molecular complexity index is 711. The highest BCUT2D eigenvalue weighted by Gasteiger charge is 2.33. The van der Waals surface area contributed by atoms with Crippen LogP contribution in [0.5, 0.6) is 5.75 Å². The number of carbonyl (C=O) groups is 1. The summed E-state index contributed by atoms with van der Waals surface area (Å²) in [5.41, 5.74) is 0. The third-order valence-electron chi connectivity index (χ3n) is 4.46. The first-order valence-corrected chi connectivity index (χ1v) is 11.1. The summed E-state index contributed by atoms with van der Waals surface area (Å²) < 4.78 is 28.9. The first kappa shape index (κ1) is 21.0. The van der Waals surface area contributed by atoms with Crippen molar-refractivity contribution in [1.82, 2.24) is 9.80 Å². The molecular formula is C18H27ClN2O4S. The van der Waals surface area contributed by atoms with E-state index in [0.29, 0.717) is 31.1 Å². The summed E-state index contributed by atoms with van der Waals surface area (Å²) in [5.74, 6) is 0.978. The van der Waals surface area contributed by atoms with Gasteiger partial charge < -0.3 is 9.64 Å². The van der Waals surface area contributed by atoms with Crippen LogP contribution in [-0.2, 0) is 14.6 Å². The van der Waals surface area contributed by atoms with Crippen LogP contribution in [0.25, 0.3) is 0 Å². The Morgan fingerprint density at radius 1 is 1.38 bits per heavy atom.